The lowest BCUT2D eigenvalue weighted by atomic mass is 10.3. The predicted octanol–water partition coefficient (Wildman–Crippen LogP) is -1.84. The van der Waals surface area contributed by atoms with E-state index in [1.54, 1.807) is 0 Å². The van der Waals surface area contributed by atoms with Crippen molar-refractivity contribution in [1.82, 2.24) is 5.32 Å². The minimum atomic E-state index is -1.06. The zero-order valence-corrected chi connectivity index (χ0v) is 7.53. The fraction of sp³-hybridized carbons (Fsp3) is 0.500. The van der Waals surface area contributed by atoms with Gasteiger partial charge in [-0.25, -0.2) is 4.79 Å². The van der Waals surface area contributed by atoms with Crippen molar-refractivity contribution < 1.29 is 19.4 Å². The van der Waals surface area contributed by atoms with Gasteiger partial charge in [-0.2, -0.15) is 0 Å². The standard InChI is InChI=1S/C8H12N2O4/c1-2-6(9)8(13)10-3-4-14-5-7(11)12/h1,6H,3-5,9H2,(H,10,13)(H,11,12). The molecule has 78 valence electrons. The first-order valence-corrected chi connectivity index (χ1v) is 3.87. The number of nitrogens with one attached hydrogen (secondary N) is 1. The van der Waals surface area contributed by atoms with Crippen LogP contribution in [0.1, 0.15) is 0 Å². The third-order valence-electron chi connectivity index (χ3n) is 1.23. The molecule has 0 aromatic heterocycles. The Morgan fingerprint density at radius 2 is 2.29 bits per heavy atom. The summed E-state index contributed by atoms with van der Waals surface area (Å²) in [6, 6.07) is -0.977. The first-order chi connectivity index (χ1) is 6.57. The van der Waals surface area contributed by atoms with E-state index in [1.807, 2.05) is 0 Å². The van der Waals surface area contributed by atoms with Crippen molar-refractivity contribution in [3.05, 3.63) is 0 Å². The molecule has 0 heterocycles. The molecular weight excluding hydrogens is 188 g/mol. The number of carboxylic acid groups (broad SMARTS) is 1. The molecular formula is C8H12N2O4. The Labute approximate surface area is 81.4 Å². The van der Waals surface area contributed by atoms with Crippen LogP contribution in [0.4, 0.5) is 0 Å². The molecule has 6 heteroatoms. The summed E-state index contributed by atoms with van der Waals surface area (Å²) in [4.78, 5) is 20.9. The van der Waals surface area contributed by atoms with E-state index in [4.69, 9.17) is 17.3 Å². The Kier molecular flexibility index (Phi) is 6.11. The summed E-state index contributed by atoms with van der Waals surface area (Å²) in [5.74, 6) is 0.516. The van der Waals surface area contributed by atoms with Crippen molar-refractivity contribution in [1.29, 1.82) is 0 Å². The molecule has 1 atom stereocenters. The number of nitrogens with two attached hydrogens (primary N) is 1. The second-order valence-electron chi connectivity index (χ2n) is 2.38. The lowest BCUT2D eigenvalue weighted by molar-refractivity contribution is -0.142. The Hall–Kier alpha value is -1.58. The molecule has 0 saturated carbocycles. The van der Waals surface area contributed by atoms with Gasteiger partial charge in [-0.15, -0.1) is 6.42 Å². The van der Waals surface area contributed by atoms with E-state index in [0.717, 1.165) is 0 Å². The zero-order chi connectivity index (χ0) is 11.0. The number of carbonyl (C=O) groups is 2. The summed E-state index contributed by atoms with van der Waals surface area (Å²) in [6.07, 6.45) is 4.90. The maximum Gasteiger partial charge on any atom is 0.329 e. The lowest BCUT2D eigenvalue weighted by Gasteiger charge is -2.06. The number of amides is 1. The van der Waals surface area contributed by atoms with Gasteiger partial charge in [0.1, 0.15) is 12.6 Å². The van der Waals surface area contributed by atoms with Gasteiger partial charge in [-0.1, -0.05) is 5.92 Å². The molecule has 0 aliphatic carbocycles. The van der Waals surface area contributed by atoms with Crippen molar-refractivity contribution in [2.24, 2.45) is 5.73 Å². The molecule has 0 saturated heterocycles. The van der Waals surface area contributed by atoms with Crippen LogP contribution in [0.25, 0.3) is 0 Å². The normalized spacial score (nSPS) is 11.4. The molecule has 0 fully saturated rings. The van der Waals surface area contributed by atoms with Gasteiger partial charge >= 0.3 is 5.97 Å². The second-order valence-corrected chi connectivity index (χ2v) is 2.38. The molecule has 0 aromatic rings. The molecule has 0 radical (unpaired) electrons. The first-order valence-electron chi connectivity index (χ1n) is 3.87. The molecule has 4 N–H and O–H groups in total. The second kappa shape index (κ2) is 6.88. The van der Waals surface area contributed by atoms with E-state index in [-0.39, 0.29) is 13.2 Å². The van der Waals surface area contributed by atoms with E-state index in [9.17, 15) is 9.59 Å². The molecule has 6 nitrogen and oxygen atoms in total. The SMILES string of the molecule is C#CC(N)C(=O)NCCOCC(=O)O. The van der Waals surface area contributed by atoms with E-state index in [0.29, 0.717) is 0 Å². The minimum absolute atomic E-state index is 0.106. The molecule has 0 aliphatic rings. The summed E-state index contributed by atoms with van der Waals surface area (Å²) in [7, 11) is 0. The average molecular weight is 200 g/mol. The van der Waals surface area contributed by atoms with Crippen LogP contribution < -0.4 is 11.1 Å². The molecule has 0 spiro atoms. The number of carboxylic acids is 1. The highest BCUT2D eigenvalue weighted by molar-refractivity contribution is 5.84. The molecule has 0 aliphatic heterocycles. The number of ether oxygens (including phenoxy) is 1. The maximum atomic E-state index is 10.9. The van der Waals surface area contributed by atoms with Crippen molar-refractivity contribution >= 4 is 11.9 Å². The van der Waals surface area contributed by atoms with Crippen LogP contribution in [0.2, 0.25) is 0 Å². The van der Waals surface area contributed by atoms with Gasteiger partial charge in [-0.05, 0) is 0 Å². The van der Waals surface area contributed by atoms with Crippen LogP contribution in [-0.2, 0) is 14.3 Å². The summed E-state index contributed by atoms with van der Waals surface area (Å²) < 4.78 is 4.65. The molecule has 0 aromatic carbocycles. The molecule has 0 bridgehead atoms. The Bertz CT molecular complexity index is 246. The van der Waals surface area contributed by atoms with E-state index in [1.165, 1.54) is 0 Å². The largest absolute Gasteiger partial charge is 0.480 e. The number of hydrogen-bond acceptors (Lipinski definition) is 4. The molecule has 14 heavy (non-hydrogen) atoms. The van der Waals surface area contributed by atoms with Gasteiger partial charge < -0.3 is 20.9 Å². The van der Waals surface area contributed by atoms with E-state index >= 15 is 0 Å². The topological polar surface area (TPSA) is 102 Å². The molecule has 1 unspecified atom stereocenters. The number of aliphatic carboxylic acids is 1. The summed E-state index contributed by atoms with van der Waals surface area (Å²) >= 11 is 0. The minimum Gasteiger partial charge on any atom is -0.480 e. The van der Waals surface area contributed by atoms with Crippen LogP contribution in [0.3, 0.4) is 0 Å². The summed E-state index contributed by atoms with van der Waals surface area (Å²) in [6.45, 7) is -0.103. The van der Waals surface area contributed by atoms with Crippen molar-refractivity contribution in [2.75, 3.05) is 19.8 Å². The average Bonchev–Trinajstić information content (AvgIpc) is 2.15. The lowest BCUT2D eigenvalue weighted by Crippen LogP contribution is -2.40. The number of rotatable bonds is 6. The fourth-order valence-corrected chi connectivity index (χ4v) is 0.592. The van der Waals surface area contributed by atoms with Gasteiger partial charge in [0, 0.05) is 6.54 Å². The third-order valence-corrected chi connectivity index (χ3v) is 1.23. The van der Waals surface area contributed by atoms with Crippen molar-refractivity contribution in [3.8, 4) is 12.3 Å². The van der Waals surface area contributed by atoms with Crippen LogP contribution in [0, 0.1) is 12.3 Å². The third kappa shape index (κ3) is 5.99. The highest BCUT2D eigenvalue weighted by atomic mass is 16.5. The van der Waals surface area contributed by atoms with Gasteiger partial charge in [0.2, 0.25) is 5.91 Å². The van der Waals surface area contributed by atoms with Crippen LogP contribution in [0.15, 0.2) is 0 Å². The van der Waals surface area contributed by atoms with E-state index in [2.05, 4.69) is 16.0 Å². The monoisotopic (exact) mass is 200 g/mol. The van der Waals surface area contributed by atoms with Crippen molar-refractivity contribution in [2.45, 2.75) is 6.04 Å². The summed E-state index contributed by atoms with van der Waals surface area (Å²) in [5, 5.41) is 10.6. The van der Waals surface area contributed by atoms with Crippen molar-refractivity contribution in [3.63, 3.8) is 0 Å². The Morgan fingerprint density at radius 1 is 1.64 bits per heavy atom. The van der Waals surface area contributed by atoms with E-state index < -0.39 is 24.5 Å². The number of terminal acetylenes is 1. The highest BCUT2D eigenvalue weighted by Crippen LogP contribution is 1.77. The molecule has 1 amide bonds. The fourth-order valence-electron chi connectivity index (χ4n) is 0.592. The maximum absolute atomic E-state index is 10.9. The first kappa shape index (κ1) is 12.4. The number of hydrogen-bond donors (Lipinski definition) is 3. The summed E-state index contributed by atoms with van der Waals surface area (Å²) in [5.41, 5.74) is 5.20. The van der Waals surface area contributed by atoms with Crippen LogP contribution in [0.5, 0.6) is 0 Å². The van der Waals surface area contributed by atoms with Gasteiger partial charge in [-0.3, -0.25) is 4.79 Å². The van der Waals surface area contributed by atoms with Crippen LogP contribution in [-0.4, -0.2) is 42.8 Å². The highest BCUT2D eigenvalue weighted by Gasteiger charge is 2.08. The smallest absolute Gasteiger partial charge is 0.329 e. The molecule has 0 rings (SSSR count). The zero-order valence-electron chi connectivity index (χ0n) is 7.53. The predicted molar refractivity (Wildman–Crippen MR) is 48.3 cm³/mol. The Balaban J connectivity index is 3.42. The number of carbonyl (C=O) groups excluding carboxylic acids is 1. The Morgan fingerprint density at radius 3 is 2.79 bits per heavy atom. The van der Waals surface area contributed by atoms with Gasteiger partial charge in [0.25, 0.3) is 0 Å². The quantitative estimate of drug-likeness (QED) is 0.345. The van der Waals surface area contributed by atoms with Crippen LogP contribution >= 0.6 is 0 Å². The van der Waals surface area contributed by atoms with Gasteiger partial charge in [0.15, 0.2) is 0 Å². The van der Waals surface area contributed by atoms with Gasteiger partial charge in [0.05, 0.1) is 6.61 Å².